The van der Waals surface area contributed by atoms with Gasteiger partial charge >= 0.3 is 0 Å². The lowest BCUT2D eigenvalue weighted by Crippen LogP contribution is -1.98. The van der Waals surface area contributed by atoms with Crippen molar-refractivity contribution in [2.45, 2.75) is 0 Å². The highest BCUT2D eigenvalue weighted by molar-refractivity contribution is 7.14. The Hall–Kier alpha value is -2.80. The molecule has 0 bridgehead atoms. The summed E-state index contributed by atoms with van der Waals surface area (Å²) in [4.78, 5) is 4.38. The molecule has 0 aliphatic rings. The van der Waals surface area contributed by atoms with Crippen molar-refractivity contribution in [1.82, 2.24) is 4.98 Å². The summed E-state index contributed by atoms with van der Waals surface area (Å²) in [5.41, 5.74) is 4.54. The second-order valence-electron chi connectivity index (χ2n) is 4.76. The molecule has 0 radical (unpaired) electrons. The van der Waals surface area contributed by atoms with Gasteiger partial charge in [-0.2, -0.15) is 9.49 Å². The average molecular weight is 345 g/mol. The van der Waals surface area contributed by atoms with Crippen molar-refractivity contribution in [3.8, 4) is 17.0 Å². The molecule has 4 nitrogen and oxygen atoms in total. The molecule has 0 saturated carbocycles. The van der Waals surface area contributed by atoms with Gasteiger partial charge < -0.3 is 4.74 Å². The van der Waals surface area contributed by atoms with Gasteiger partial charge in [-0.25, -0.2) is 9.37 Å². The minimum Gasteiger partial charge on any atom is -0.494 e. The van der Waals surface area contributed by atoms with Crippen molar-refractivity contribution < 1.29 is 13.5 Å². The average Bonchev–Trinajstić information content (AvgIpc) is 3.08. The maximum absolute atomic E-state index is 13.8. The van der Waals surface area contributed by atoms with E-state index >= 15 is 0 Å². The number of hydrogen-bond acceptors (Lipinski definition) is 5. The topological polar surface area (TPSA) is 46.5 Å². The second-order valence-corrected chi connectivity index (χ2v) is 5.62. The molecular formula is C17H13F2N3OS. The molecule has 0 fully saturated rings. The first-order valence-electron chi connectivity index (χ1n) is 7.01. The lowest BCUT2D eigenvalue weighted by molar-refractivity contribution is 0.371. The van der Waals surface area contributed by atoms with Gasteiger partial charge in [0.1, 0.15) is 0 Å². The number of nitrogens with one attached hydrogen (secondary N) is 1. The molecule has 0 spiro atoms. The number of hydrazone groups is 1. The lowest BCUT2D eigenvalue weighted by atomic mass is 10.2. The van der Waals surface area contributed by atoms with Gasteiger partial charge in [0.15, 0.2) is 11.6 Å². The van der Waals surface area contributed by atoms with Gasteiger partial charge in [0.25, 0.3) is 0 Å². The lowest BCUT2D eigenvalue weighted by Gasteiger charge is -2.04. The van der Waals surface area contributed by atoms with Crippen LogP contribution in [-0.2, 0) is 0 Å². The number of hydrogen-bond donors (Lipinski definition) is 1. The third kappa shape index (κ3) is 3.41. The highest BCUT2D eigenvalue weighted by atomic mass is 32.1. The summed E-state index contributed by atoms with van der Waals surface area (Å²) < 4.78 is 32.1. The highest BCUT2D eigenvalue weighted by Crippen LogP contribution is 2.25. The quantitative estimate of drug-likeness (QED) is 0.545. The van der Waals surface area contributed by atoms with E-state index in [9.17, 15) is 8.78 Å². The van der Waals surface area contributed by atoms with E-state index in [2.05, 4.69) is 15.5 Å². The fraction of sp³-hybridized carbons (Fsp3) is 0.0588. The molecule has 0 unspecified atom stereocenters. The minimum atomic E-state index is -1.04. The van der Waals surface area contributed by atoms with Gasteiger partial charge in [-0.3, -0.25) is 5.43 Å². The first-order chi connectivity index (χ1) is 11.7. The summed E-state index contributed by atoms with van der Waals surface area (Å²) >= 11 is 1.37. The Morgan fingerprint density at radius 3 is 2.67 bits per heavy atom. The smallest absolute Gasteiger partial charge is 0.203 e. The van der Waals surface area contributed by atoms with Gasteiger partial charge in [-0.05, 0) is 12.1 Å². The Morgan fingerprint density at radius 2 is 1.92 bits per heavy atom. The van der Waals surface area contributed by atoms with E-state index in [1.165, 1.54) is 36.8 Å². The van der Waals surface area contributed by atoms with Crippen LogP contribution in [0.3, 0.4) is 0 Å². The first kappa shape index (κ1) is 16.1. The molecule has 0 saturated heterocycles. The van der Waals surface area contributed by atoms with E-state index in [-0.39, 0.29) is 11.3 Å². The molecule has 0 aliphatic carbocycles. The normalized spacial score (nSPS) is 11.0. The van der Waals surface area contributed by atoms with E-state index in [1.807, 2.05) is 35.7 Å². The van der Waals surface area contributed by atoms with Crippen LogP contribution in [0, 0.1) is 11.6 Å². The van der Waals surface area contributed by atoms with Crippen molar-refractivity contribution in [2.24, 2.45) is 5.10 Å². The number of ether oxygens (including phenoxy) is 1. The number of methoxy groups -OCH3 is 1. The zero-order chi connectivity index (χ0) is 16.9. The van der Waals surface area contributed by atoms with Gasteiger partial charge in [0.2, 0.25) is 10.9 Å². The van der Waals surface area contributed by atoms with Crippen molar-refractivity contribution in [2.75, 3.05) is 12.5 Å². The van der Waals surface area contributed by atoms with Crippen molar-refractivity contribution in [3.05, 3.63) is 65.0 Å². The molecule has 1 N–H and O–H groups in total. The Morgan fingerprint density at radius 1 is 1.12 bits per heavy atom. The van der Waals surface area contributed by atoms with Crippen molar-refractivity contribution >= 4 is 22.7 Å². The van der Waals surface area contributed by atoms with E-state index in [0.29, 0.717) is 5.13 Å². The van der Waals surface area contributed by atoms with Crippen molar-refractivity contribution in [1.29, 1.82) is 0 Å². The summed E-state index contributed by atoms with van der Waals surface area (Å²) in [7, 11) is 1.28. The van der Waals surface area contributed by atoms with Crippen LogP contribution in [0.25, 0.3) is 11.3 Å². The molecule has 7 heteroatoms. The number of anilines is 1. The monoisotopic (exact) mass is 345 g/mol. The van der Waals surface area contributed by atoms with Crippen LogP contribution in [0.5, 0.6) is 5.75 Å². The van der Waals surface area contributed by atoms with Crippen LogP contribution in [0.1, 0.15) is 5.56 Å². The van der Waals surface area contributed by atoms with Crippen LogP contribution in [0.4, 0.5) is 13.9 Å². The molecule has 1 heterocycles. The summed E-state index contributed by atoms with van der Waals surface area (Å²) in [5, 5.41) is 6.35. The van der Waals surface area contributed by atoms with Crippen LogP contribution in [0.2, 0.25) is 0 Å². The van der Waals surface area contributed by atoms with E-state index < -0.39 is 11.6 Å². The molecule has 1 aromatic heterocycles. The molecule has 24 heavy (non-hydrogen) atoms. The minimum absolute atomic E-state index is 0.0145. The largest absolute Gasteiger partial charge is 0.494 e. The Labute approximate surface area is 141 Å². The van der Waals surface area contributed by atoms with Crippen LogP contribution < -0.4 is 10.2 Å². The summed E-state index contributed by atoms with van der Waals surface area (Å²) in [6.07, 6.45) is 1.20. The molecular weight excluding hydrogens is 332 g/mol. The zero-order valence-corrected chi connectivity index (χ0v) is 13.5. The SMILES string of the molecule is COc1ccc(C=NNc2nc(-c3ccccc3)cs2)c(F)c1F. The van der Waals surface area contributed by atoms with Gasteiger partial charge in [0, 0.05) is 16.5 Å². The maximum Gasteiger partial charge on any atom is 0.203 e. The predicted molar refractivity (Wildman–Crippen MR) is 91.7 cm³/mol. The number of benzene rings is 2. The summed E-state index contributed by atoms with van der Waals surface area (Å²) in [6.45, 7) is 0. The number of halogens is 2. The molecule has 3 aromatic rings. The maximum atomic E-state index is 13.8. The van der Waals surface area contributed by atoms with Crippen LogP contribution in [0.15, 0.2) is 52.9 Å². The standard InChI is InChI=1S/C17H13F2N3OS/c1-23-14-8-7-12(15(18)16(14)19)9-20-22-17-21-13(10-24-17)11-5-3-2-4-6-11/h2-10H,1H3,(H,21,22). The van der Waals surface area contributed by atoms with Crippen LogP contribution >= 0.6 is 11.3 Å². The third-order valence-electron chi connectivity index (χ3n) is 3.23. The highest BCUT2D eigenvalue weighted by Gasteiger charge is 2.12. The number of rotatable bonds is 5. The molecule has 3 rings (SSSR count). The van der Waals surface area contributed by atoms with Crippen LogP contribution in [-0.4, -0.2) is 18.3 Å². The number of nitrogens with zero attached hydrogens (tertiary/aromatic N) is 2. The predicted octanol–water partition coefficient (Wildman–Crippen LogP) is 4.54. The Balaban J connectivity index is 1.71. The summed E-state index contributed by atoms with van der Waals surface area (Å²) in [6, 6.07) is 12.4. The van der Waals surface area contributed by atoms with Gasteiger partial charge in [-0.1, -0.05) is 30.3 Å². The molecule has 122 valence electrons. The van der Waals surface area contributed by atoms with Gasteiger partial charge in [0.05, 0.1) is 19.0 Å². The fourth-order valence-corrected chi connectivity index (χ4v) is 2.70. The number of thiazole rings is 1. The molecule has 2 aromatic carbocycles. The van der Waals surface area contributed by atoms with E-state index in [1.54, 1.807) is 0 Å². The first-order valence-corrected chi connectivity index (χ1v) is 7.89. The molecule has 0 aliphatic heterocycles. The fourth-order valence-electron chi connectivity index (χ4n) is 2.03. The molecule has 0 atom stereocenters. The third-order valence-corrected chi connectivity index (χ3v) is 3.98. The van der Waals surface area contributed by atoms with E-state index in [4.69, 9.17) is 4.74 Å². The second kappa shape index (κ2) is 7.18. The molecule has 0 amide bonds. The Kier molecular flexibility index (Phi) is 4.81. The summed E-state index contributed by atoms with van der Waals surface area (Å²) in [5.74, 6) is -2.20. The van der Waals surface area contributed by atoms with E-state index in [0.717, 1.165) is 11.3 Å². The van der Waals surface area contributed by atoms with Crippen molar-refractivity contribution in [3.63, 3.8) is 0 Å². The zero-order valence-electron chi connectivity index (χ0n) is 12.7. The Bertz CT molecular complexity index is 866. The van der Waals surface area contributed by atoms with Gasteiger partial charge in [-0.15, -0.1) is 11.3 Å². The number of aromatic nitrogens is 1.